The number of hydrogen-bond donors (Lipinski definition) is 2. The van der Waals surface area contributed by atoms with E-state index in [-0.39, 0.29) is 18.6 Å². The van der Waals surface area contributed by atoms with Crippen LogP contribution >= 0.6 is 0 Å². The molecule has 1 rings (SSSR count). The summed E-state index contributed by atoms with van der Waals surface area (Å²) < 4.78 is 10.7. The zero-order valence-electron chi connectivity index (χ0n) is 13.7. The van der Waals surface area contributed by atoms with Crippen molar-refractivity contribution in [3.8, 4) is 5.75 Å². The Labute approximate surface area is 131 Å². The minimum atomic E-state index is -0.630. The summed E-state index contributed by atoms with van der Waals surface area (Å²) in [6.07, 6.45) is -0.632. The van der Waals surface area contributed by atoms with E-state index in [1.165, 1.54) is 0 Å². The van der Waals surface area contributed by atoms with Gasteiger partial charge in [-0.3, -0.25) is 4.79 Å². The lowest BCUT2D eigenvalue weighted by atomic mass is 10.2. The van der Waals surface area contributed by atoms with Gasteiger partial charge in [0.15, 0.2) is 0 Å². The van der Waals surface area contributed by atoms with Gasteiger partial charge in [0, 0.05) is 0 Å². The molecule has 0 saturated carbocycles. The maximum atomic E-state index is 11.9. The summed E-state index contributed by atoms with van der Waals surface area (Å²) in [7, 11) is 0. The van der Waals surface area contributed by atoms with Crippen molar-refractivity contribution in [2.75, 3.05) is 11.9 Å². The first-order chi connectivity index (χ1) is 10.2. The molecule has 0 fully saturated rings. The van der Waals surface area contributed by atoms with Gasteiger partial charge in [-0.1, -0.05) is 12.1 Å². The predicted octanol–water partition coefficient (Wildman–Crippen LogP) is 2.94. The van der Waals surface area contributed by atoms with Gasteiger partial charge in [-0.15, -0.1) is 0 Å². The molecule has 0 heterocycles. The van der Waals surface area contributed by atoms with Crippen molar-refractivity contribution in [1.82, 2.24) is 5.32 Å². The van der Waals surface area contributed by atoms with Gasteiger partial charge in [-0.25, -0.2) is 4.79 Å². The van der Waals surface area contributed by atoms with Crippen LogP contribution in [0.2, 0.25) is 0 Å². The number of rotatable bonds is 5. The quantitative estimate of drug-likeness (QED) is 0.877. The van der Waals surface area contributed by atoms with Crippen LogP contribution in [0.5, 0.6) is 5.75 Å². The summed E-state index contributed by atoms with van der Waals surface area (Å²) in [5.41, 5.74) is -0.0367. The van der Waals surface area contributed by atoms with E-state index in [2.05, 4.69) is 10.6 Å². The Morgan fingerprint density at radius 3 is 2.41 bits per heavy atom. The Hall–Kier alpha value is -2.24. The van der Waals surface area contributed by atoms with Crippen molar-refractivity contribution in [1.29, 1.82) is 0 Å². The van der Waals surface area contributed by atoms with Crippen LogP contribution in [-0.4, -0.2) is 30.3 Å². The summed E-state index contributed by atoms with van der Waals surface area (Å²) in [5, 5.41) is 5.11. The van der Waals surface area contributed by atoms with Crippen molar-refractivity contribution in [2.24, 2.45) is 0 Å². The van der Waals surface area contributed by atoms with Crippen molar-refractivity contribution in [2.45, 2.75) is 46.3 Å². The van der Waals surface area contributed by atoms with Gasteiger partial charge >= 0.3 is 6.09 Å². The van der Waals surface area contributed by atoms with Crippen LogP contribution in [0.3, 0.4) is 0 Å². The SMILES string of the molecule is CC(C)Oc1ccccc1NC(=O)CNC(=O)OC(C)(C)C. The number of amides is 2. The minimum Gasteiger partial charge on any atom is -0.489 e. The van der Waals surface area contributed by atoms with Gasteiger partial charge in [-0.05, 0) is 46.8 Å². The fourth-order valence-corrected chi connectivity index (χ4v) is 1.59. The fraction of sp³-hybridized carbons (Fsp3) is 0.500. The summed E-state index contributed by atoms with van der Waals surface area (Å²) in [6.45, 7) is 8.90. The zero-order valence-corrected chi connectivity index (χ0v) is 13.7. The first-order valence-corrected chi connectivity index (χ1v) is 7.20. The lowest BCUT2D eigenvalue weighted by Gasteiger charge is -2.19. The number of para-hydroxylation sites is 2. The molecule has 1 aromatic carbocycles. The van der Waals surface area contributed by atoms with Gasteiger partial charge < -0.3 is 20.1 Å². The average Bonchev–Trinajstić information content (AvgIpc) is 2.36. The lowest BCUT2D eigenvalue weighted by Crippen LogP contribution is -2.37. The molecular formula is C16H24N2O4. The average molecular weight is 308 g/mol. The van der Waals surface area contributed by atoms with Crippen LogP contribution in [0.4, 0.5) is 10.5 Å². The highest BCUT2D eigenvalue weighted by atomic mass is 16.6. The van der Waals surface area contributed by atoms with Gasteiger partial charge in [0.2, 0.25) is 5.91 Å². The number of hydrogen-bond acceptors (Lipinski definition) is 4. The first-order valence-electron chi connectivity index (χ1n) is 7.20. The monoisotopic (exact) mass is 308 g/mol. The summed E-state index contributed by atoms with van der Waals surface area (Å²) in [5.74, 6) is 0.230. The number of carbonyl (C=O) groups is 2. The fourth-order valence-electron chi connectivity index (χ4n) is 1.59. The van der Waals surface area contributed by atoms with E-state index in [1.807, 2.05) is 19.9 Å². The van der Waals surface area contributed by atoms with Crippen molar-refractivity contribution in [3.05, 3.63) is 24.3 Å². The third kappa shape index (κ3) is 6.97. The molecule has 2 amide bonds. The van der Waals surface area contributed by atoms with Gasteiger partial charge in [-0.2, -0.15) is 0 Å². The number of ether oxygens (including phenoxy) is 2. The van der Waals surface area contributed by atoms with Crippen molar-refractivity contribution < 1.29 is 19.1 Å². The van der Waals surface area contributed by atoms with Crippen LogP contribution in [0.25, 0.3) is 0 Å². The number of alkyl carbamates (subject to hydrolysis) is 1. The molecule has 0 unspecified atom stereocenters. The van der Waals surface area contributed by atoms with E-state index < -0.39 is 11.7 Å². The molecule has 0 spiro atoms. The zero-order chi connectivity index (χ0) is 16.8. The second-order valence-electron chi connectivity index (χ2n) is 6.07. The highest BCUT2D eigenvalue weighted by Gasteiger charge is 2.17. The number of nitrogens with one attached hydrogen (secondary N) is 2. The number of carbonyl (C=O) groups excluding carboxylic acids is 2. The van der Waals surface area contributed by atoms with E-state index >= 15 is 0 Å². The topological polar surface area (TPSA) is 76.7 Å². The molecule has 0 aliphatic heterocycles. The van der Waals surface area contributed by atoms with Crippen LogP contribution in [0, 0.1) is 0 Å². The molecule has 0 saturated heterocycles. The smallest absolute Gasteiger partial charge is 0.408 e. The number of benzene rings is 1. The Balaban J connectivity index is 2.54. The van der Waals surface area contributed by atoms with E-state index in [4.69, 9.17) is 9.47 Å². The van der Waals surface area contributed by atoms with Crippen molar-refractivity contribution in [3.63, 3.8) is 0 Å². The second kappa shape index (κ2) is 7.68. The van der Waals surface area contributed by atoms with Gasteiger partial charge in [0.05, 0.1) is 11.8 Å². The Kier molecular flexibility index (Phi) is 6.22. The van der Waals surface area contributed by atoms with Crippen LogP contribution < -0.4 is 15.4 Å². The molecule has 0 radical (unpaired) electrons. The second-order valence-corrected chi connectivity index (χ2v) is 6.07. The maximum absolute atomic E-state index is 11.9. The third-order valence-corrected chi connectivity index (χ3v) is 2.32. The molecule has 22 heavy (non-hydrogen) atoms. The highest BCUT2D eigenvalue weighted by molar-refractivity contribution is 5.95. The molecule has 0 aliphatic carbocycles. The minimum absolute atomic E-state index is 0.00191. The molecule has 0 bridgehead atoms. The summed E-state index contributed by atoms with van der Waals surface area (Å²) in [6, 6.07) is 7.14. The number of anilines is 1. The maximum Gasteiger partial charge on any atom is 0.408 e. The normalized spacial score (nSPS) is 11.0. The molecule has 122 valence electrons. The molecule has 0 aromatic heterocycles. The van der Waals surface area contributed by atoms with E-state index in [1.54, 1.807) is 39.0 Å². The van der Waals surface area contributed by atoms with Crippen LogP contribution in [-0.2, 0) is 9.53 Å². The highest BCUT2D eigenvalue weighted by Crippen LogP contribution is 2.24. The molecular weight excluding hydrogens is 284 g/mol. The largest absolute Gasteiger partial charge is 0.489 e. The third-order valence-electron chi connectivity index (χ3n) is 2.32. The van der Waals surface area contributed by atoms with Gasteiger partial charge in [0.1, 0.15) is 17.9 Å². The first kappa shape index (κ1) is 17.8. The summed E-state index contributed by atoms with van der Waals surface area (Å²) in [4.78, 5) is 23.4. The summed E-state index contributed by atoms with van der Waals surface area (Å²) >= 11 is 0. The molecule has 1 aromatic rings. The Bertz CT molecular complexity index is 521. The predicted molar refractivity (Wildman–Crippen MR) is 85.1 cm³/mol. The van der Waals surface area contributed by atoms with E-state index in [0.717, 1.165) is 0 Å². The van der Waals surface area contributed by atoms with E-state index in [0.29, 0.717) is 11.4 Å². The lowest BCUT2D eigenvalue weighted by molar-refractivity contribution is -0.115. The Morgan fingerprint density at radius 2 is 1.82 bits per heavy atom. The Morgan fingerprint density at radius 1 is 1.18 bits per heavy atom. The molecule has 6 nitrogen and oxygen atoms in total. The molecule has 2 N–H and O–H groups in total. The molecule has 0 atom stereocenters. The van der Waals surface area contributed by atoms with Crippen LogP contribution in [0.1, 0.15) is 34.6 Å². The standard InChI is InChI=1S/C16H24N2O4/c1-11(2)21-13-9-7-6-8-12(13)18-14(19)10-17-15(20)22-16(3,4)5/h6-9,11H,10H2,1-5H3,(H,17,20)(H,18,19). The van der Waals surface area contributed by atoms with E-state index in [9.17, 15) is 9.59 Å². The van der Waals surface area contributed by atoms with Gasteiger partial charge in [0.25, 0.3) is 0 Å². The van der Waals surface area contributed by atoms with Crippen LogP contribution in [0.15, 0.2) is 24.3 Å². The molecule has 0 aliphatic rings. The molecule has 6 heteroatoms. The van der Waals surface area contributed by atoms with Crippen molar-refractivity contribution >= 4 is 17.7 Å².